The van der Waals surface area contributed by atoms with Crippen LogP contribution in [0.2, 0.25) is 0 Å². The van der Waals surface area contributed by atoms with Gasteiger partial charge in [0.1, 0.15) is 12.3 Å². The Balaban J connectivity index is 1.99. The van der Waals surface area contributed by atoms with Crippen LogP contribution in [0.3, 0.4) is 0 Å². The molecule has 0 bridgehead atoms. The van der Waals surface area contributed by atoms with Crippen LogP contribution in [-0.2, 0) is 6.54 Å². The van der Waals surface area contributed by atoms with E-state index in [1.807, 2.05) is 24.3 Å². The van der Waals surface area contributed by atoms with Gasteiger partial charge >= 0.3 is 0 Å². The number of halogens is 1. The van der Waals surface area contributed by atoms with E-state index in [1.54, 1.807) is 0 Å². The average Bonchev–Trinajstić information content (AvgIpc) is 2.95. The van der Waals surface area contributed by atoms with Crippen molar-refractivity contribution in [1.29, 1.82) is 0 Å². The number of nitrogens with two attached hydrogens (primary N) is 1. The Hall–Kier alpha value is -1.70. The lowest BCUT2D eigenvalue weighted by atomic mass is 10.2. The summed E-state index contributed by atoms with van der Waals surface area (Å²) in [6.45, 7) is 0.0764. The standard InChI is InChI=1S/C13H14BrN3O3/c14-9-4-2-1-3-8(9)5-16-12(19)11-7-20-13(17-11)10(15)6-18/h1-4,7,10,18H,5-6,15H2,(H,16,19). The maximum Gasteiger partial charge on any atom is 0.273 e. The van der Waals surface area contributed by atoms with Crippen LogP contribution < -0.4 is 11.1 Å². The summed E-state index contributed by atoms with van der Waals surface area (Å²) in [6.07, 6.45) is 1.22. The van der Waals surface area contributed by atoms with Crippen molar-refractivity contribution in [2.24, 2.45) is 5.73 Å². The number of carbonyl (C=O) groups excluding carboxylic acids is 1. The minimum absolute atomic E-state index is 0.135. The number of carbonyl (C=O) groups is 1. The van der Waals surface area contributed by atoms with Crippen LogP contribution in [0.25, 0.3) is 0 Å². The Morgan fingerprint density at radius 2 is 2.25 bits per heavy atom. The molecule has 1 unspecified atom stereocenters. The van der Waals surface area contributed by atoms with Crippen molar-refractivity contribution in [2.75, 3.05) is 6.61 Å². The van der Waals surface area contributed by atoms with Gasteiger partial charge in [-0.05, 0) is 11.6 Å². The Morgan fingerprint density at radius 1 is 1.50 bits per heavy atom. The van der Waals surface area contributed by atoms with Crippen LogP contribution >= 0.6 is 15.9 Å². The van der Waals surface area contributed by atoms with Crippen LogP contribution in [-0.4, -0.2) is 22.6 Å². The lowest BCUT2D eigenvalue weighted by Gasteiger charge is -2.05. The monoisotopic (exact) mass is 339 g/mol. The van der Waals surface area contributed by atoms with Crippen LogP contribution in [0, 0.1) is 0 Å². The highest BCUT2D eigenvalue weighted by atomic mass is 79.9. The first-order valence-corrected chi connectivity index (χ1v) is 6.74. The summed E-state index contributed by atoms with van der Waals surface area (Å²) in [6, 6.07) is 6.87. The highest BCUT2D eigenvalue weighted by Crippen LogP contribution is 2.15. The molecule has 1 heterocycles. The lowest BCUT2D eigenvalue weighted by molar-refractivity contribution is 0.0945. The number of benzene rings is 1. The fraction of sp³-hybridized carbons (Fsp3) is 0.231. The number of oxazole rings is 1. The van der Waals surface area contributed by atoms with E-state index in [2.05, 4.69) is 26.2 Å². The quantitative estimate of drug-likeness (QED) is 0.763. The van der Waals surface area contributed by atoms with Crippen LogP contribution in [0.15, 0.2) is 39.4 Å². The Kier molecular flexibility index (Phi) is 4.89. The first kappa shape index (κ1) is 14.7. The van der Waals surface area contributed by atoms with Crippen LogP contribution in [0.1, 0.15) is 28.0 Å². The van der Waals surface area contributed by atoms with Crippen LogP contribution in [0.4, 0.5) is 0 Å². The van der Waals surface area contributed by atoms with Gasteiger partial charge in [-0.15, -0.1) is 0 Å². The highest BCUT2D eigenvalue weighted by molar-refractivity contribution is 9.10. The Labute approximate surface area is 124 Å². The van der Waals surface area contributed by atoms with Gasteiger partial charge in [0, 0.05) is 11.0 Å². The molecule has 0 saturated carbocycles. The molecule has 106 valence electrons. The molecule has 2 aromatic rings. The number of aliphatic hydroxyl groups is 1. The van der Waals surface area contributed by atoms with Gasteiger partial charge in [0.05, 0.1) is 6.61 Å². The third kappa shape index (κ3) is 3.44. The van der Waals surface area contributed by atoms with E-state index in [1.165, 1.54) is 6.26 Å². The molecule has 1 amide bonds. The SMILES string of the molecule is NC(CO)c1nc(C(=O)NCc2ccccc2Br)co1. The number of rotatable bonds is 5. The van der Waals surface area contributed by atoms with E-state index in [0.29, 0.717) is 6.54 Å². The molecule has 0 aliphatic carbocycles. The summed E-state index contributed by atoms with van der Waals surface area (Å²) in [5.74, 6) is -0.223. The fourth-order valence-electron chi connectivity index (χ4n) is 1.55. The Morgan fingerprint density at radius 3 is 2.95 bits per heavy atom. The predicted octanol–water partition coefficient (Wildman–Crippen LogP) is 1.36. The number of hydrogen-bond donors (Lipinski definition) is 3. The normalized spacial score (nSPS) is 12.2. The second kappa shape index (κ2) is 6.65. The molecule has 1 atom stereocenters. The number of nitrogens with zero attached hydrogens (tertiary/aromatic N) is 1. The van der Waals surface area contributed by atoms with E-state index in [9.17, 15) is 4.79 Å². The molecule has 6 nitrogen and oxygen atoms in total. The Bertz CT molecular complexity index is 600. The first-order chi connectivity index (χ1) is 9.61. The molecule has 4 N–H and O–H groups in total. The van der Waals surface area contributed by atoms with Crippen molar-refractivity contribution in [2.45, 2.75) is 12.6 Å². The maximum atomic E-state index is 11.9. The number of aromatic nitrogens is 1. The minimum Gasteiger partial charge on any atom is -0.446 e. The summed E-state index contributed by atoms with van der Waals surface area (Å²) in [5, 5.41) is 11.6. The summed E-state index contributed by atoms with van der Waals surface area (Å²) in [4.78, 5) is 15.8. The van der Waals surface area contributed by atoms with E-state index in [4.69, 9.17) is 15.3 Å². The molecule has 0 spiro atoms. The van der Waals surface area contributed by atoms with E-state index in [-0.39, 0.29) is 24.1 Å². The molecule has 0 saturated heterocycles. The zero-order valence-electron chi connectivity index (χ0n) is 10.5. The maximum absolute atomic E-state index is 11.9. The van der Waals surface area contributed by atoms with E-state index >= 15 is 0 Å². The van der Waals surface area contributed by atoms with Gasteiger partial charge in [-0.2, -0.15) is 0 Å². The van der Waals surface area contributed by atoms with Crippen molar-refractivity contribution in [3.63, 3.8) is 0 Å². The van der Waals surface area contributed by atoms with Gasteiger partial charge in [0.25, 0.3) is 5.91 Å². The molecule has 2 rings (SSSR count). The predicted molar refractivity (Wildman–Crippen MR) is 75.8 cm³/mol. The number of amides is 1. The van der Waals surface area contributed by atoms with Crippen molar-refractivity contribution < 1.29 is 14.3 Å². The molecule has 0 aliphatic heterocycles. The summed E-state index contributed by atoms with van der Waals surface area (Å²) < 4.78 is 5.97. The fourth-order valence-corrected chi connectivity index (χ4v) is 1.97. The van der Waals surface area contributed by atoms with Crippen LogP contribution in [0.5, 0.6) is 0 Å². The van der Waals surface area contributed by atoms with E-state index in [0.717, 1.165) is 10.0 Å². The third-order valence-electron chi connectivity index (χ3n) is 2.67. The number of nitrogens with one attached hydrogen (secondary N) is 1. The summed E-state index contributed by atoms with van der Waals surface area (Å²) in [7, 11) is 0. The average molecular weight is 340 g/mol. The molecule has 1 aromatic heterocycles. The molecule has 0 aliphatic rings. The van der Waals surface area contributed by atoms with Crippen molar-refractivity contribution >= 4 is 21.8 Å². The minimum atomic E-state index is -0.722. The molecule has 20 heavy (non-hydrogen) atoms. The summed E-state index contributed by atoms with van der Waals surface area (Å²) in [5.41, 5.74) is 6.64. The smallest absolute Gasteiger partial charge is 0.273 e. The van der Waals surface area contributed by atoms with Gasteiger partial charge in [0.15, 0.2) is 5.69 Å². The molecule has 1 aromatic carbocycles. The first-order valence-electron chi connectivity index (χ1n) is 5.95. The van der Waals surface area contributed by atoms with Crippen molar-refractivity contribution in [3.8, 4) is 0 Å². The zero-order chi connectivity index (χ0) is 14.5. The summed E-state index contributed by atoms with van der Waals surface area (Å²) >= 11 is 3.41. The van der Waals surface area contributed by atoms with Crippen molar-refractivity contribution in [1.82, 2.24) is 10.3 Å². The molecule has 0 fully saturated rings. The van der Waals surface area contributed by atoms with Crippen molar-refractivity contribution in [3.05, 3.63) is 52.1 Å². The van der Waals surface area contributed by atoms with Gasteiger partial charge in [-0.25, -0.2) is 4.98 Å². The van der Waals surface area contributed by atoms with Gasteiger partial charge in [0.2, 0.25) is 5.89 Å². The van der Waals surface area contributed by atoms with Gasteiger partial charge < -0.3 is 20.6 Å². The molecule has 7 heteroatoms. The second-order valence-electron chi connectivity index (χ2n) is 4.13. The lowest BCUT2D eigenvalue weighted by Crippen LogP contribution is -2.23. The number of hydrogen-bond acceptors (Lipinski definition) is 5. The third-order valence-corrected chi connectivity index (χ3v) is 3.44. The van der Waals surface area contributed by atoms with Gasteiger partial charge in [-0.3, -0.25) is 4.79 Å². The number of aliphatic hydroxyl groups excluding tert-OH is 1. The second-order valence-corrected chi connectivity index (χ2v) is 4.99. The topological polar surface area (TPSA) is 101 Å². The largest absolute Gasteiger partial charge is 0.446 e. The molecule has 0 radical (unpaired) electrons. The molecular formula is C13H14BrN3O3. The van der Waals surface area contributed by atoms with E-state index < -0.39 is 6.04 Å². The molecular weight excluding hydrogens is 326 g/mol. The van der Waals surface area contributed by atoms with Gasteiger partial charge in [-0.1, -0.05) is 34.1 Å². The highest BCUT2D eigenvalue weighted by Gasteiger charge is 2.16. The zero-order valence-corrected chi connectivity index (χ0v) is 12.1.